The van der Waals surface area contributed by atoms with Gasteiger partial charge in [0.05, 0.1) is 0 Å². The molecule has 1 fully saturated rings. The van der Waals surface area contributed by atoms with Crippen LogP contribution >= 0.6 is 15.9 Å². The van der Waals surface area contributed by atoms with Gasteiger partial charge in [-0.25, -0.2) is 4.79 Å². The Morgan fingerprint density at radius 2 is 2.06 bits per heavy atom. The number of carbonyl (C=O) groups is 2. The van der Waals surface area contributed by atoms with Gasteiger partial charge in [-0.2, -0.15) is 0 Å². The van der Waals surface area contributed by atoms with Crippen LogP contribution in [0.2, 0.25) is 0 Å². The van der Waals surface area contributed by atoms with Crippen molar-refractivity contribution in [3.8, 4) is 0 Å². The van der Waals surface area contributed by atoms with Crippen molar-refractivity contribution in [2.75, 3.05) is 0 Å². The van der Waals surface area contributed by atoms with Crippen LogP contribution in [-0.2, 0) is 17.6 Å². The number of halogens is 1. The van der Waals surface area contributed by atoms with Crippen molar-refractivity contribution in [2.45, 2.75) is 24.8 Å². The summed E-state index contributed by atoms with van der Waals surface area (Å²) in [5.74, 6) is -0.198. The molecule has 2 aliphatic rings. The molecule has 0 bridgehead atoms. The molecular weight excluding hydrogens is 284 g/mol. The minimum Gasteiger partial charge on any atom is -0.323 e. The SMILES string of the molecule is O=C1NC(=O)[C@]2(CCc3cc(Br)ccc3C2)N1. The smallest absolute Gasteiger partial charge is 0.322 e. The van der Waals surface area contributed by atoms with Crippen LogP contribution in [0.15, 0.2) is 22.7 Å². The van der Waals surface area contributed by atoms with Gasteiger partial charge < -0.3 is 5.32 Å². The van der Waals surface area contributed by atoms with E-state index >= 15 is 0 Å². The largest absolute Gasteiger partial charge is 0.323 e. The van der Waals surface area contributed by atoms with Crippen molar-refractivity contribution in [1.82, 2.24) is 10.6 Å². The molecule has 0 unspecified atom stereocenters. The molecular formula is C12H11BrN2O2. The Bertz CT molecular complexity index is 529. The van der Waals surface area contributed by atoms with E-state index in [-0.39, 0.29) is 11.9 Å². The highest BCUT2D eigenvalue weighted by molar-refractivity contribution is 9.10. The minimum atomic E-state index is -0.724. The zero-order chi connectivity index (χ0) is 12.0. The Morgan fingerprint density at radius 1 is 1.24 bits per heavy atom. The number of imide groups is 1. The lowest BCUT2D eigenvalue weighted by Gasteiger charge is -2.31. The maximum atomic E-state index is 11.8. The first-order valence-corrected chi connectivity index (χ1v) is 6.29. The van der Waals surface area contributed by atoms with E-state index in [1.165, 1.54) is 5.56 Å². The maximum Gasteiger partial charge on any atom is 0.322 e. The summed E-state index contributed by atoms with van der Waals surface area (Å²) in [7, 11) is 0. The van der Waals surface area contributed by atoms with E-state index in [4.69, 9.17) is 0 Å². The molecule has 0 saturated carbocycles. The van der Waals surface area contributed by atoms with Gasteiger partial charge in [-0.05, 0) is 36.1 Å². The average molecular weight is 295 g/mol. The predicted octanol–water partition coefficient (Wildman–Crippen LogP) is 1.52. The first kappa shape index (κ1) is 10.8. The zero-order valence-electron chi connectivity index (χ0n) is 9.05. The van der Waals surface area contributed by atoms with Gasteiger partial charge >= 0.3 is 6.03 Å². The number of aryl methyl sites for hydroxylation is 1. The highest BCUT2D eigenvalue weighted by Gasteiger charge is 2.47. The quantitative estimate of drug-likeness (QED) is 0.713. The molecule has 1 spiro atoms. The monoisotopic (exact) mass is 294 g/mol. The van der Waals surface area contributed by atoms with E-state index in [1.807, 2.05) is 12.1 Å². The molecule has 3 amide bonds. The van der Waals surface area contributed by atoms with E-state index in [2.05, 4.69) is 32.6 Å². The van der Waals surface area contributed by atoms with Crippen molar-refractivity contribution >= 4 is 27.9 Å². The van der Waals surface area contributed by atoms with Gasteiger partial charge in [0.1, 0.15) is 5.54 Å². The molecule has 17 heavy (non-hydrogen) atoms. The summed E-state index contributed by atoms with van der Waals surface area (Å²) < 4.78 is 1.05. The average Bonchev–Trinajstić information content (AvgIpc) is 2.54. The number of rotatable bonds is 0. The van der Waals surface area contributed by atoms with Crippen LogP contribution in [-0.4, -0.2) is 17.5 Å². The number of hydrogen-bond acceptors (Lipinski definition) is 2. The molecule has 1 aliphatic carbocycles. The second-order valence-corrected chi connectivity index (χ2v) is 5.50. The summed E-state index contributed by atoms with van der Waals surface area (Å²) in [6.45, 7) is 0. The van der Waals surface area contributed by atoms with E-state index < -0.39 is 5.54 Å². The number of nitrogens with one attached hydrogen (secondary N) is 2. The van der Waals surface area contributed by atoms with Crippen LogP contribution in [0.4, 0.5) is 4.79 Å². The Balaban J connectivity index is 1.98. The minimum absolute atomic E-state index is 0.198. The summed E-state index contributed by atoms with van der Waals surface area (Å²) in [5, 5.41) is 5.08. The third-order valence-electron chi connectivity index (χ3n) is 3.50. The first-order chi connectivity index (χ1) is 8.09. The molecule has 1 atom stereocenters. The topological polar surface area (TPSA) is 58.2 Å². The summed E-state index contributed by atoms with van der Waals surface area (Å²) in [6.07, 6.45) is 2.05. The zero-order valence-corrected chi connectivity index (χ0v) is 10.6. The Kier molecular flexibility index (Phi) is 2.26. The molecule has 1 aromatic carbocycles. The molecule has 3 rings (SSSR count). The molecule has 4 nitrogen and oxygen atoms in total. The summed E-state index contributed by atoms with van der Waals surface area (Å²) in [6, 6.07) is 5.68. The Labute approximate surface area is 107 Å². The normalized spacial score (nSPS) is 26.6. The first-order valence-electron chi connectivity index (χ1n) is 5.50. The fourth-order valence-electron chi connectivity index (χ4n) is 2.59. The van der Waals surface area contributed by atoms with Crippen molar-refractivity contribution in [2.24, 2.45) is 0 Å². The van der Waals surface area contributed by atoms with E-state index in [9.17, 15) is 9.59 Å². The van der Waals surface area contributed by atoms with Crippen molar-refractivity contribution in [1.29, 1.82) is 0 Å². The van der Waals surface area contributed by atoms with Crippen molar-refractivity contribution in [3.05, 3.63) is 33.8 Å². The molecule has 88 valence electrons. The number of fused-ring (bicyclic) bond motifs is 1. The fourth-order valence-corrected chi connectivity index (χ4v) is 3.00. The second kappa shape index (κ2) is 3.57. The second-order valence-electron chi connectivity index (χ2n) is 4.58. The van der Waals surface area contributed by atoms with Gasteiger partial charge in [-0.1, -0.05) is 22.0 Å². The molecule has 1 saturated heterocycles. The number of amides is 3. The molecule has 0 aromatic heterocycles. The van der Waals surface area contributed by atoms with Gasteiger partial charge in [-0.3, -0.25) is 10.1 Å². The van der Waals surface area contributed by atoms with Gasteiger partial charge in [0, 0.05) is 10.9 Å². The lowest BCUT2D eigenvalue weighted by atomic mass is 9.78. The van der Waals surface area contributed by atoms with Crippen LogP contribution < -0.4 is 10.6 Å². The Hall–Kier alpha value is -1.36. The lowest BCUT2D eigenvalue weighted by molar-refractivity contribution is -0.124. The van der Waals surface area contributed by atoms with Crippen LogP contribution in [0.3, 0.4) is 0 Å². The highest BCUT2D eigenvalue weighted by atomic mass is 79.9. The lowest BCUT2D eigenvalue weighted by Crippen LogP contribution is -2.51. The van der Waals surface area contributed by atoms with Gasteiger partial charge in [0.15, 0.2) is 0 Å². The number of hydrogen-bond donors (Lipinski definition) is 2. The fraction of sp³-hybridized carbons (Fsp3) is 0.333. The standard InChI is InChI=1S/C12H11BrN2O2/c13-9-2-1-8-6-12(4-3-7(8)5-9)10(16)14-11(17)15-12/h1-2,5H,3-4,6H2,(H2,14,15,16,17)/t12-/m1/s1. The molecule has 0 radical (unpaired) electrons. The molecule has 1 aromatic rings. The van der Waals surface area contributed by atoms with Gasteiger partial charge in [0.2, 0.25) is 0 Å². The third kappa shape index (κ3) is 1.65. The molecule has 5 heteroatoms. The maximum absolute atomic E-state index is 11.8. The van der Waals surface area contributed by atoms with Crippen molar-refractivity contribution in [3.63, 3.8) is 0 Å². The summed E-state index contributed by atoms with van der Waals surface area (Å²) >= 11 is 3.44. The molecule has 2 N–H and O–H groups in total. The Morgan fingerprint density at radius 3 is 2.76 bits per heavy atom. The van der Waals surface area contributed by atoms with Crippen LogP contribution in [0.25, 0.3) is 0 Å². The van der Waals surface area contributed by atoms with E-state index in [1.54, 1.807) is 0 Å². The van der Waals surface area contributed by atoms with Crippen LogP contribution in [0, 0.1) is 0 Å². The van der Waals surface area contributed by atoms with Crippen LogP contribution in [0.5, 0.6) is 0 Å². The predicted molar refractivity (Wildman–Crippen MR) is 65.6 cm³/mol. The molecule has 1 heterocycles. The number of benzene rings is 1. The van der Waals surface area contributed by atoms with Gasteiger partial charge in [-0.15, -0.1) is 0 Å². The van der Waals surface area contributed by atoms with Crippen LogP contribution in [0.1, 0.15) is 17.5 Å². The number of urea groups is 1. The summed E-state index contributed by atoms with van der Waals surface area (Å²) in [5.41, 5.74) is 1.66. The van der Waals surface area contributed by atoms with E-state index in [0.717, 1.165) is 16.5 Å². The van der Waals surface area contributed by atoms with Crippen molar-refractivity contribution < 1.29 is 9.59 Å². The van der Waals surface area contributed by atoms with Gasteiger partial charge in [0.25, 0.3) is 5.91 Å². The van der Waals surface area contributed by atoms with E-state index in [0.29, 0.717) is 12.8 Å². The summed E-state index contributed by atoms with van der Waals surface area (Å²) in [4.78, 5) is 23.1. The molecule has 1 aliphatic heterocycles. The highest BCUT2D eigenvalue weighted by Crippen LogP contribution is 2.32. The number of carbonyl (C=O) groups excluding carboxylic acids is 2. The third-order valence-corrected chi connectivity index (χ3v) is 3.99.